The molecule has 0 atom stereocenters. The normalized spacial score (nSPS) is 11.6. The molecule has 16 heavy (non-hydrogen) atoms. The van der Waals surface area contributed by atoms with Crippen molar-refractivity contribution in [3.05, 3.63) is 0 Å². The summed E-state index contributed by atoms with van der Waals surface area (Å²) in [5, 5.41) is 3.27. The standard InChI is InChI=1S/C13H28N2O/c1-7-15(6)13(16)9-14-8-12(10(2)3)11(4)5/h10-12,14H,7-9H2,1-6H3. The van der Waals surface area contributed by atoms with Crippen molar-refractivity contribution in [2.75, 3.05) is 26.7 Å². The zero-order valence-electron chi connectivity index (χ0n) is 11.7. The lowest BCUT2D eigenvalue weighted by molar-refractivity contribution is -0.128. The van der Waals surface area contributed by atoms with Crippen LogP contribution in [-0.4, -0.2) is 37.5 Å². The van der Waals surface area contributed by atoms with E-state index in [4.69, 9.17) is 0 Å². The van der Waals surface area contributed by atoms with Crippen LogP contribution in [0.3, 0.4) is 0 Å². The number of likely N-dealkylation sites (N-methyl/N-ethyl adjacent to an activating group) is 1. The van der Waals surface area contributed by atoms with E-state index in [-0.39, 0.29) is 5.91 Å². The van der Waals surface area contributed by atoms with Gasteiger partial charge < -0.3 is 10.2 Å². The topological polar surface area (TPSA) is 32.3 Å². The SMILES string of the molecule is CCN(C)C(=O)CNCC(C(C)C)C(C)C. The number of rotatable bonds is 7. The molecule has 0 aliphatic rings. The fourth-order valence-electron chi connectivity index (χ4n) is 1.90. The first kappa shape index (κ1) is 15.4. The zero-order valence-corrected chi connectivity index (χ0v) is 11.7. The van der Waals surface area contributed by atoms with Gasteiger partial charge in [-0.05, 0) is 31.2 Å². The van der Waals surface area contributed by atoms with E-state index in [1.807, 2.05) is 14.0 Å². The molecular weight excluding hydrogens is 200 g/mol. The van der Waals surface area contributed by atoms with Gasteiger partial charge in [-0.2, -0.15) is 0 Å². The first-order chi connectivity index (χ1) is 7.40. The van der Waals surface area contributed by atoms with E-state index in [1.165, 1.54) is 0 Å². The maximum atomic E-state index is 11.6. The summed E-state index contributed by atoms with van der Waals surface area (Å²) >= 11 is 0. The Morgan fingerprint density at radius 2 is 1.69 bits per heavy atom. The Kier molecular flexibility index (Phi) is 7.39. The van der Waals surface area contributed by atoms with Crippen LogP contribution in [0.2, 0.25) is 0 Å². The van der Waals surface area contributed by atoms with E-state index in [2.05, 4.69) is 33.0 Å². The molecule has 0 aromatic rings. The van der Waals surface area contributed by atoms with Crippen LogP contribution < -0.4 is 5.32 Å². The highest BCUT2D eigenvalue weighted by molar-refractivity contribution is 5.77. The number of hydrogen-bond donors (Lipinski definition) is 1. The molecule has 0 spiro atoms. The average Bonchev–Trinajstić information content (AvgIpc) is 2.21. The van der Waals surface area contributed by atoms with Gasteiger partial charge in [-0.3, -0.25) is 4.79 Å². The molecule has 0 bridgehead atoms. The van der Waals surface area contributed by atoms with Gasteiger partial charge in [0.25, 0.3) is 0 Å². The van der Waals surface area contributed by atoms with Crippen molar-refractivity contribution in [1.29, 1.82) is 0 Å². The van der Waals surface area contributed by atoms with Gasteiger partial charge in [0.15, 0.2) is 0 Å². The van der Waals surface area contributed by atoms with E-state index < -0.39 is 0 Å². The van der Waals surface area contributed by atoms with Gasteiger partial charge in [-0.1, -0.05) is 27.7 Å². The summed E-state index contributed by atoms with van der Waals surface area (Å²) in [4.78, 5) is 13.3. The van der Waals surface area contributed by atoms with Crippen LogP contribution in [-0.2, 0) is 4.79 Å². The summed E-state index contributed by atoms with van der Waals surface area (Å²) in [6.45, 7) is 13.1. The number of hydrogen-bond acceptors (Lipinski definition) is 2. The zero-order chi connectivity index (χ0) is 12.7. The van der Waals surface area contributed by atoms with Crippen molar-refractivity contribution in [2.24, 2.45) is 17.8 Å². The fourth-order valence-corrected chi connectivity index (χ4v) is 1.90. The third kappa shape index (κ3) is 5.50. The molecule has 3 heteroatoms. The van der Waals surface area contributed by atoms with Crippen LogP contribution in [0.5, 0.6) is 0 Å². The van der Waals surface area contributed by atoms with E-state index in [9.17, 15) is 4.79 Å². The van der Waals surface area contributed by atoms with Gasteiger partial charge in [0.05, 0.1) is 6.54 Å². The van der Waals surface area contributed by atoms with Crippen molar-refractivity contribution >= 4 is 5.91 Å². The van der Waals surface area contributed by atoms with Crippen LogP contribution in [0.15, 0.2) is 0 Å². The lowest BCUT2D eigenvalue weighted by Crippen LogP contribution is -2.38. The van der Waals surface area contributed by atoms with Gasteiger partial charge in [-0.15, -0.1) is 0 Å². The van der Waals surface area contributed by atoms with Crippen LogP contribution in [0.4, 0.5) is 0 Å². The van der Waals surface area contributed by atoms with Gasteiger partial charge in [0.1, 0.15) is 0 Å². The maximum Gasteiger partial charge on any atom is 0.236 e. The second-order valence-electron chi connectivity index (χ2n) is 5.19. The number of carbonyl (C=O) groups excluding carboxylic acids is 1. The molecule has 1 amide bonds. The first-order valence-electron chi connectivity index (χ1n) is 6.34. The second kappa shape index (κ2) is 7.66. The van der Waals surface area contributed by atoms with Crippen LogP contribution >= 0.6 is 0 Å². The monoisotopic (exact) mass is 228 g/mol. The molecule has 0 unspecified atom stereocenters. The van der Waals surface area contributed by atoms with Crippen LogP contribution in [0.25, 0.3) is 0 Å². The maximum absolute atomic E-state index is 11.6. The Morgan fingerprint density at radius 1 is 1.19 bits per heavy atom. The Hall–Kier alpha value is -0.570. The van der Waals surface area contributed by atoms with Crippen molar-refractivity contribution in [1.82, 2.24) is 10.2 Å². The molecule has 0 saturated carbocycles. The smallest absolute Gasteiger partial charge is 0.236 e. The number of carbonyl (C=O) groups is 1. The summed E-state index contributed by atoms with van der Waals surface area (Å²) in [6, 6.07) is 0. The van der Waals surface area contributed by atoms with Crippen molar-refractivity contribution < 1.29 is 4.79 Å². The minimum Gasteiger partial charge on any atom is -0.345 e. The van der Waals surface area contributed by atoms with Gasteiger partial charge in [-0.25, -0.2) is 0 Å². The van der Waals surface area contributed by atoms with E-state index in [0.717, 1.165) is 13.1 Å². The lowest BCUT2D eigenvalue weighted by atomic mass is 9.85. The lowest BCUT2D eigenvalue weighted by Gasteiger charge is -2.25. The average molecular weight is 228 g/mol. The highest BCUT2D eigenvalue weighted by atomic mass is 16.2. The quantitative estimate of drug-likeness (QED) is 0.722. The molecule has 0 heterocycles. The molecule has 0 saturated heterocycles. The van der Waals surface area contributed by atoms with Crippen LogP contribution in [0, 0.1) is 17.8 Å². The predicted octanol–water partition coefficient (Wildman–Crippen LogP) is 1.98. The highest BCUT2D eigenvalue weighted by Crippen LogP contribution is 2.19. The van der Waals surface area contributed by atoms with Gasteiger partial charge in [0.2, 0.25) is 5.91 Å². The third-order valence-corrected chi connectivity index (χ3v) is 3.27. The summed E-state index contributed by atoms with van der Waals surface area (Å²) in [5.74, 6) is 2.13. The summed E-state index contributed by atoms with van der Waals surface area (Å²) in [5.41, 5.74) is 0. The minimum atomic E-state index is 0.175. The predicted molar refractivity (Wildman–Crippen MR) is 69.3 cm³/mol. The molecule has 0 aliphatic carbocycles. The van der Waals surface area contributed by atoms with E-state index >= 15 is 0 Å². The Balaban J connectivity index is 3.91. The van der Waals surface area contributed by atoms with Crippen molar-refractivity contribution in [3.63, 3.8) is 0 Å². The van der Waals surface area contributed by atoms with E-state index in [0.29, 0.717) is 24.3 Å². The van der Waals surface area contributed by atoms with Crippen molar-refractivity contribution in [2.45, 2.75) is 34.6 Å². The largest absolute Gasteiger partial charge is 0.345 e. The molecule has 0 aromatic carbocycles. The molecule has 96 valence electrons. The fraction of sp³-hybridized carbons (Fsp3) is 0.923. The van der Waals surface area contributed by atoms with Gasteiger partial charge >= 0.3 is 0 Å². The number of nitrogens with one attached hydrogen (secondary N) is 1. The molecular formula is C13H28N2O. The molecule has 0 aliphatic heterocycles. The van der Waals surface area contributed by atoms with E-state index in [1.54, 1.807) is 4.90 Å². The molecule has 0 aromatic heterocycles. The molecule has 0 radical (unpaired) electrons. The Labute approximate surface area is 101 Å². The molecule has 0 fully saturated rings. The van der Waals surface area contributed by atoms with Crippen molar-refractivity contribution in [3.8, 4) is 0 Å². The molecule has 1 N–H and O–H groups in total. The van der Waals surface area contributed by atoms with Crippen LogP contribution in [0.1, 0.15) is 34.6 Å². The minimum absolute atomic E-state index is 0.175. The Bertz CT molecular complexity index is 194. The highest BCUT2D eigenvalue weighted by Gasteiger charge is 2.17. The summed E-state index contributed by atoms with van der Waals surface area (Å²) in [7, 11) is 1.84. The third-order valence-electron chi connectivity index (χ3n) is 3.27. The second-order valence-corrected chi connectivity index (χ2v) is 5.19. The summed E-state index contributed by atoms with van der Waals surface area (Å²) in [6.07, 6.45) is 0. The summed E-state index contributed by atoms with van der Waals surface area (Å²) < 4.78 is 0. The van der Waals surface area contributed by atoms with Gasteiger partial charge in [0, 0.05) is 13.6 Å². The number of amides is 1. The Morgan fingerprint density at radius 3 is 2.06 bits per heavy atom. The number of nitrogens with zero attached hydrogens (tertiary/aromatic N) is 1. The first-order valence-corrected chi connectivity index (χ1v) is 6.34. The molecule has 0 rings (SSSR count). The molecule has 3 nitrogen and oxygen atoms in total.